The Bertz CT molecular complexity index is 1050. The normalized spacial score (nSPS) is 18.8. The number of carbonyl (C=O) groups excluding carboxylic acids is 1. The number of hydrogen-bond donors (Lipinski definition) is 3. The highest BCUT2D eigenvalue weighted by Crippen LogP contribution is 2.45. The molecule has 0 saturated heterocycles. The van der Waals surface area contributed by atoms with Gasteiger partial charge in [0.15, 0.2) is 6.04 Å². The molecule has 3 N–H and O–H groups in total. The standard InChI is InChI=1S/C18H14ClF3N4O2S/c19-9-3-4-13(27)11(6-9)25-17(28)10-8-23-26-15(18(20,21)22)7-12(24-16(10)26)14-2-1-5-29-14/h1-6,8,12,15,24,27H,7H2,(H,25,28)/t12-,15+/m0/s1. The van der Waals surface area contributed by atoms with Crippen molar-refractivity contribution < 1.29 is 23.1 Å². The van der Waals surface area contributed by atoms with Crippen molar-refractivity contribution >= 4 is 40.4 Å². The number of fused-ring (bicyclic) bond motifs is 1. The maximum Gasteiger partial charge on any atom is 0.410 e. The van der Waals surface area contributed by atoms with Gasteiger partial charge in [-0.1, -0.05) is 17.7 Å². The van der Waals surface area contributed by atoms with Gasteiger partial charge in [-0.2, -0.15) is 18.3 Å². The Morgan fingerprint density at radius 2 is 2.17 bits per heavy atom. The number of phenols is 1. The van der Waals surface area contributed by atoms with Gasteiger partial charge in [-0.3, -0.25) is 4.79 Å². The summed E-state index contributed by atoms with van der Waals surface area (Å²) in [6.07, 6.45) is -3.69. The summed E-state index contributed by atoms with van der Waals surface area (Å²) in [5, 5.41) is 21.2. The zero-order valence-electron chi connectivity index (χ0n) is 14.6. The molecule has 0 fully saturated rings. The lowest BCUT2D eigenvalue weighted by Crippen LogP contribution is -2.36. The minimum absolute atomic E-state index is 0.0315. The number of halogens is 4. The second kappa shape index (κ2) is 7.27. The Balaban J connectivity index is 1.70. The first-order valence-electron chi connectivity index (χ1n) is 8.48. The minimum Gasteiger partial charge on any atom is -0.506 e. The summed E-state index contributed by atoms with van der Waals surface area (Å²) >= 11 is 7.20. The highest BCUT2D eigenvalue weighted by Gasteiger charge is 2.47. The molecular weight excluding hydrogens is 429 g/mol. The zero-order chi connectivity index (χ0) is 20.8. The lowest BCUT2D eigenvalue weighted by atomic mass is 10.0. The van der Waals surface area contributed by atoms with Crippen molar-refractivity contribution in [1.82, 2.24) is 9.78 Å². The van der Waals surface area contributed by atoms with E-state index in [0.29, 0.717) is 0 Å². The molecule has 1 aromatic carbocycles. The summed E-state index contributed by atoms with van der Waals surface area (Å²) in [5.74, 6) is -0.971. The van der Waals surface area contributed by atoms with Gasteiger partial charge in [-0.25, -0.2) is 4.68 Å². The Morgan fingerprint density at radius 3 is 2.86 bits per heavy atom. The van der Waals surface area contributed by atoms with Gasteiger partial charge in [-0.05, 0) is 29.6 Å². The molecule has 0 saturated carbocycles. The molecule has 0 aliphatic carbocycles. The minimum atomic E-state index is -4.53. The van der Waals surface area contributed by atoms with Crippen LogP contribution in [0.15, 0.2) is 41.9 Å². The number of carbonyl (C=O) groups is 1. The highest BCUT2D eigenvalue weighted by molar-refractivity contribution is 7.10. The molecule has 6 nitrogen and oxygen atoms in total. The van der Waals surface area contributed by atoms with Gasteiger partial charge in [0.1, 0.15) is 17.1 Å². The molecule has 4 rings (SSSR count). The van der Waals surface area contributed by atoms with Gasteiger partial charge in [-0.15, -0.1) is 11.3 Å². The number of rotatable bonds is 3. The molecule has 1 aliphatic rings. The van der Waals surface area contributed by atoms with Crippen LogP contribution in [0.2, 0.25) is 5.02 Å². The van der Waals surface area contributed by atoms with Crippen LogP contribution in [-0.2, 0) is 0 Å². The number of thiophene rings is 1. The van der Waals surface area contributed by atoms with E-state index >= 15 is 0 Å². The largest absolute Gasteiger partial charge is 0.506 e. The van der Waals surface area contributed by atoms with Crippen LogP contribution in [0, 0.1) is 0 Å². The van der Waals surface area contributed by atoms with Crippen LogP contribution in [0.5, 0.6) is 5.75 Å². The first-order valence-corrected chi connectivity index (χ1v) is 9.74. The van der Waals surface area contributed by atoms with Gasteiger partial charge < -0.3 is 15.7 Å². The second-order valence-electron chi connectivity index (χ2n) is 6.47. The Labute approximate surface area is 171 Å². The monoisotopic (exact) mass is 442 g/mol. The van der Waals surface area contributed by atoms with E-state index in [1.54, 1.807) is 17.5 Å². The molecular formula is C18H14ClF3N4O2S. The number of hydrogen-bond acceptors (Lipinski definition) is 5. The summed E-state index contributed by atoms with van der Waals surface area (Å²) in [5.41, 5.74) is -0.0275. The van der Waals surface area contributed by atoms with Crippen molar-refractivity contribution in [3.8, 4) is 5.75 Å². The van der Waals surface area contributed by atoms with E-state index in [1.807, 2.05) is 0 Å². The van der Waals surface area contributed by atoms with E-state index in [0.717, 1.165) is 15.8 Å². The lowest BCUT2D eigenvalue weighted by molar-refractivity contribution is -0.173. The first kappa shape index (κ1) is 19.6. The van der Waals surface area contributed by atoms with E-state index in [9.17, 15) is 23.1 Å². The van der Waals surface area contributed by atoms with E-state index in [4.69, 9.17) is 11.6 Å². The molecule has 11 heteroatoms. The molecule has 1 amide bonds. The number of aromatic hydroxyl groups is 1. The number of amides is 1. The van der Waals surface area contributed by atoms with E-state index < -0.39 is 24.2 Å². The van der Waals surface area contributed by atoms with Crippen LogP contribution < -0.4 is 10.6 Å². The Kier molecular flexibility index (Phi) is 4.91. The van der Waals surface area contributed by atoms with Crippen molar-refractivity contribution in [3.05, 3.63) is 57.4 Å². The number of aromatic nitrogens is 2. The quantitative estimate of drug-likeness (QED) is 0.486. The zero-order valence-corrected chi connectivity index (χ0v) is 16.1. The third kappa shape index (κ3) is 3.77. The maximum absolute atomic E-state index is 13.7. The summed E-state index contributed by atoms with van der Waals surface area (Å²) < 4.78 is 41.8. The average Bonchev–Trinajstić information content (AvgIpc) is 3.32. The molecule has 0 bridgehead atoms. The molecule has 1 aliphatic heterocycles. The van der Waals surface area contributed by atoms with Gasteiger partial charge in [0.25, 0.3) is 5.91 Å². The number of alkyl halides is 3. The van der Waals surface area contributed by atoms with E-state index in [1.165, 1.54) is 29.5 Å². The van der Waals surface area contributed by atoms with Crippen molar-refractivity contribution in [3.63, 3.8) is 0 Å². The molecule has 3 heterocycles. The Hall–Kier alpha value is -2.72. The molecule has 29 heavy (non-hydrogen) atoms. The van der Waals surface area contributed by atoms with Gasteiger partial charge in [0.2, 0.25) is 0 Å². The molecule has 0 radical (unpaired) electrons. The van der Waals surface area contributed by atoms with E-state index in [2.05, 4.69) is 15.7 Å². The van der Waals surface area contributed by atoms with Gasteiger partial charge in [0.05, 0.1) is 17.9 Å². The predicted molar refractivity (Wildman–Crippen MR) is 104 cm³/mol. The van der Waals surface area contributed by atoms with Crippen LogP contribution in [0.3, 0.4) is 0 Å². The van der Waals surface area contributed by atoms with Crippen molar-refractivity contribution in [2.45, 2.75) is 24.7 Å². The first-order chi connectivity index (χ1) is 13.7. The van der Waals surface area contributed by atoms with Crippen LogP contribution >= 0.6 is 22.9 Å². The van der Waals surface area contributed by atoms with Crippen LogP contribution in [0.4, 0.5) is 24.7 Å². The summed E-state index contributed by atoms with van der Waals surface area (Å²) in [4.78, 5) is 13.5. The molecule has 152 valence electrons. The SMILES string of the molecule is O=C(Nc1cc(Cl)ccc1O)c1cnn2c1N[C@H](c1cccs1)C[C@@H]2C(F)(F)F. The van der Waals surface area contributed by atoms with Crippen molar-refractivity contribution in [2.75, 3.05) is 10.6 Å². The number of phenolic OH excluding ortho intramolecular Hbond substituents is 1. The molecule has 3 aromatic rings. The fourth-order valence-electron chi connectivity index (χ4n) is 3.20. The highest BCUT2D eigenvalue weighted by atomic mass is 35.5. The predicted octanol–water partition coefficient (Wildman–Crippen LogP) is 5.22. The Morgan fingerprint density at radius 1 is 1.38 bits per heavy atom. The number of nitrogens with zero attached hydrogens (tertiary/aromatic N) is 2. The molecule has 2 atom stereocenters. The fraction of sp³-hybridized carbons (Fsp3) is 0.222. The van der Waals surface area contributed by atoms with Crippen molar-refractivity contribution in [1.29, 1.82) is 0 Å². The van der Waals surface area contributed by atoms with Crippen LogP contribution in [0.25, 0.3) is 0 Å². The topological polar surface area (TPSA) is 79.2 Å². The third-order valence-electron chi connectivity index (χ3n) is 4.58. The van der Waals surface area contributed by atoms with E-state index in [-0.39, 0.29) is 34.3 Å². The molecule has 0 unspecified atom stereocenters. The van der Waals surface area contributed by atoms with Crippen LogP contribution in [-0.4, -0.2) is 27.0 Å². The summed E-state index contributed by atoms with van der Waals surface area (Å²) in [6, 6.07) is 5.09. The molecule has 0 spiro atoms. The summed E-state index contributed by atoms with van der Waals surface area (Å²) in [6.45, 7) is 0. The number of benzene rings is 1. The van der Waals surface area contributed by atoms with Crippen LogP contribution in [0.1, 0.15) is 33.7 Å². The molecule has 2 aromatic heterocycles. The fourth-order valence-corrected chi connectivity index (χ4v) is 4.17. The second-order valence-corrected chi connectivity index (χ2v) is 7.89. The number of anilines is 2. The van der Waals surface area contributed by atoms with Gasteiger partial charge in [0, 0.05) is 16.3 Å². The maximum atomic E-state index is 13.7. The summed E-state index contributed by atoms with van der Waals surface area (Å²) in [7, 11) is 0. The van der Waals surface area contributed by atoms with Crippen molar-refractivity contribution in [2.24, 2.45) is 0 Å². The van der Waals surface area contributed by atoms with Gasteiger partial charge >= 0.3 is 6.18 Å². The lowest BCUT2D eigenvalue weighted by Gasteiger charge is -2.33. The average molecular weight is 443 g/mol. The third-order valence-corrected chi connectivity index (χ3v) is 5.80. The smallest absolute Gasteiger partial charge is 0.410 e. The number of nitrogens with one attached hydrogen (secondary N) is 2.